The van der Waals surface area contributed by atoms with Crippen molar-refractivity contribution in [2.75, 3.05) is 44.1 Å². The molecular weight excluding hydrogens is 344 g/mol. The first-order chi connectivity index (χ1) is 13.1. The third kappa shape index (κ3) is 8.00. The zero-order valence-electron chi connectivity index (χ0n) is 16.2. The number of amides is 1. The van der Waals surface area contributed by atoms with E-state index in [9.17, 15) is 4.79 Å². The highest BCUT2D eigenvalue weighted by Gasteiger charge is 2.04. The second-order valence-corrected chi connectivity index (χ2v) is 6.50. The average Bonchev–Trinajstić information content (AvgIpc) is 2.66. The number of carbonyl (C=O) groups is 1. The van der Waals surface area contributed by atoms with Gasteiger partial charge >= 0.3 is 0 Å². The quantitative estimate of drug-likeness (QED) is 0.587. The van der Waals surface area contributed by atoms with Crippen molar-refractivity contribution >= 4 is 17.3 Å². The van der Waals surface area contributed by atoms with Gasteiger partial charge in [-0.1, -0.05) is 19.9 Å². The molecule has 0 aliphatic rings. The van der Waals surface area contributed by atoms with E-state index in [4.69, 9.17) is 14.2 Å². The second-order valence-electron chi connectivity index (χ2n) is 6.50. The molecule has 0 aliphatic carbocycles. The lowest BCUT2D eigenvalue weighted by molar-refractivity contribution is -0.114. The first-order valence-corrected chi connectivity index (χ1v) is 9.05. The smallest absolute Gasteiger partial charge is 0.243 e. The largest absolute Gasteiger partial charge is 0.493 e. The molecule has 0 bridgehead atoms. The maximum Gasteiger partial charge on any atom is 0.243 e. The fraction of sp³-hybridized carbons (Fsp3) is 0.381. The lowest BCUT2D eigenvalue weighted by Gasteiger charge is -2.11. The highest BCUT2D eigenvalue weighted by atomic mass is 16.5. The first-order valence-electron chi connectivity index (χ1n) is 9.05. The van der Waals surface area contributed by atoms with Gasteiger partial charge in [-0.2, -0.15) is 0 Å². The van der Waals surface area contributed by atoms with Crippen LogP contribution in [0.5, 0.6) is 11.5 Å². The normalized spacial score (nSPS) is 10.5. The summed E-state index contributed by atoms with van der Waals surface area (Å²) in [6.45, 7) is 6.04. The maximum absolute atomic E-state index is 12.1. The minimum atomic E-state index is -0.128. The van der Waals surface area contributed by atoms with E-state index in [0.29, 0.717) is 25.7 Å². The van der Waals surface area contributed by atoms with Gasteiger partial charge in [0, 0.05) is 24.6 Å². The molecule has 0 saturated heterocycles. The molecule has 0 aromatic heterocycles. The van der Waals surface area contributed by atoms with Crippen LogP contribution in [0.3, 0.4) is 0 Å². The summed E-state index contributed by atoms with van der Waals surface area (Å²) in [5.74, 6) is 1.87. The van der Waals surface area contributed by atoms with E-state index in [1.807, 2.05) is 48.5 Å². The van der Waals surface area contributed by atoms with E-state index in [1.54, 1.807) is 7.11 Å². The fourth-order valence-electron chi connectivity index (χ4n) is 2.22. The van der Waals surface area contributed by atoms with E-state index in [-0.39, 0.29) is 12.5 Å². The van der Waals surface area contributed by atoms with Crippen molar-refractivity contribution in [2.45, 2.75) is 13.8 Å². The summed E-state index contributed by atoms with van der Waals surface area (Å²) in [5.41, 5.74) is 1.55. The van der Waals surface area contributed by atoms with E-state index < -0.39 is 0 Å². The molecule has 2 N–H and O–H groups in total. The molecule has 0 unspecified atom stereocenters. The van der Waals surface area contributed by atoms with Crippen molar-refractivity contribution in [2.24, 2.45) is 5.92 Å². The van der Waals surface area contributed by atoms with Gasteiger partial charge in [0.25, 0.3) is 0 Å². The van der Waals surface area contributed by atoms with Crippen molar-refractivity contribution in [1.82, 2.24) is 0 Å². The van der Waals surface area contributed by atoms with Gasteiger partial charge in [0.05, 0.1) is 19.8 Å². The highest BCUT2D eigenvalue weighted by molar-refractivity contribution is 5.93. The van der Waals surface area contributed by atoms with Crippen molar-refractivity contribution < 1.29 is 19.0 Å². The molecule has 1 amide bonds. The number of rotatable bonds is 11. The third-order valence-electron chi connectivity index (χ3n) is 3.56. The van der Waals surface area contributed by atoms with E-state index in [1.165, 1.54) is 0 Å². The standard InChI is InChI=1S/C21H28N2O4/c1-16(2)15-27-19-9-7-17(8-10-19)23-21(24)14-22-18-5-4-6-20(13-18)26-12-11-25-3/h4-10,13,16,22H,11-12,14-15H2,1-3H3,(H,23,24). The Balaban J connectivity index is 1.78. The molecule has 27 heavy (non-hydrogen) atoms. The topological polar surface area (TPSA) is 68.8 Å². The Bertz CT molecular complexity index is 702. The van der Waals surface area contributed by atoms with Crippen LogP contribution in [0.4, 0.5) is 11.4 Å². The molecule has 146 valence electrons. The molecule has 0 heterocycles. The Labute approximate surface area is 160 Å². The average molecular weight is 372 g/mol. The fourth-order valence-corrected chi connectivity index (χ4v) is 2.22. The summed E-state index contributed by atoms with van der Waals surface area (Å²) in [4.78, 5) is 12.1. The molecule has 2 rings (SSSR count). The van der Waals surface area contributed by atoms with Crippen molar-refractivity contribution in [1.29, 1.82) is 0 Å². The van der Waals surface area contributed by atoms with Crippen LogP contribution < -0.4 is 20.1 Å². The van der Waals surface area contributed by atoms with Crippen LogP contribution in [0.25, 0.3) is 0 Å². The second kappa shape index (κ2) is 11.1. The zero-order chi connectivity index (χ0) is 19.5. The number of hydrogen-bond acceptors (Lipinski definition) is 5. The van der Waals surface area contributed by atoms with Gasteiger partial charge in [0.1, 0.15) is 18.1 Å². The Kier molecular flexibility index (Phi) is 8.45. The van der Waals surface area contributed by atoms with Gasteiger partial charge in [0.2, 0.25) is 5.91 Å². The number of ether oxygens (including phenoxy) is 3. The molecule has 2 aromatic carbocycles. The van der Waals surface area contributed by atoms with E-state index in [0.717, 1.165) is 22.9 Å². The van der Waals surface area contributed by atoms with Gasteiger partial charge in [0.15, 0.2) is 0 Å². The van der Waals surface area contributed by atoms with E-state index in [2.05, 4.69) is 24.5 Å². The Hall–Kier alpha value is -2.73. The summed E-state index contributed by atoms with van der Waals surface area (Å²) in [6, 6.07) is 14.8. The zero-order valence-corrected chi connectivity index (χ0v) is 16.2. The molecule has 6 heteroatoms. The molecule has 0 spiro atoms. The minimum Gasteiger partial charge on any atom is -0.493 e. The number of benzene rings is 2. The minimum absolute atomic E-state index is 0.128. The van der Waals surface area contributed by atoms with E-state index >= 15 is 0 Å². The van der Waals surface area contributed by atoms with Crippen molar-refractivity contribution in [3.05, 3.63) is 48.5 Å². The number of anilines is 2. The summed E-state index contributed by atoms with van der Waals surface area (Å²) in [7, 11) is 1.63. The number of methoxy groups -OCH3 is 1. The van der Waals surface area contributed by atoms with Crippen LogP contribution >= 0.6 is 0 Å². The van der Waals surface area contributed by atoms with Gasteiger partial charge in [-0.15, -0.1) is 0 Å². The summed E-state index contributed by atoms with van der Waals surface area (Å²) >= 11 is 0. The Morgan fingerprint density at radius 1 is 0.963 bits per heavy atom. The predicted octanol–water partition coefficient (Wildman–Crippen LogP) is 3.80. The summed E-state index contributed by atoms with van der Waals surface area (Å²) in [5, 5.41) is 5.95. The lowest BCUT2D eigenvalue weighted by atomic mass is 10.2. The highest BCUT2D eigenvalue weighted by Crippen LogP contribution is 2.18. The van der Waals surface area contributed by atoms with Crippen LogP contribution in [-0.2, 0) is 9.53 Å². The van der Waals surface area contributed by atoms with Gasteiger partial charge in [-0.3, -0.25) is 4.79 Å². The van der Waals surface area contributed by atoms with Crippen LogP contribution in [0.15, 0.2) is 48.5 Å². The molecular formula is C21H28N2O4. The van der Waals surface area contributed by atoms with Gasteiger partial charge < -0.3 is 24.8 Å². The Morgan fingerprint density at radius 2 is 1.74 bits per heavy atom. The van der Waals surface area contributed by atoms with Crippen LogP contribution in [-0.4, -0.2) is 39.4 Å². The molecule has 6 nitrogen and oxygen atoms in total. The third-order valence-corrected chi connectivity index (χ3v) is 3.56. The number of carbonyl (C=O) groups excluding carboxylic acids is 1. The monoisotopic (exact) mass is 372 g/mol. The number of hydrogen-bond donors (Lipinski definition) is 2. The molecule has 2 aromatic rings. The molecule has 0 saturated carbocycles. The van der Waals surface area contributed by atoms with Crippen LogP contribution in [0.1, 0.15) is 13.8 Å². The summed E-state index contributed by atoms with van der Waals surface area (Å²) in [6.07, 6.45) is 0. The lowest BCUT2D eigenvalue weighted by Crippen LogP contribution is -2.21. The van der Waals surface area contributed by atoms with Crippen LogP contribution in [0, 0.1) is 5.92 Å². The van der Waals surface area contributed by atoms with Crippen LogP contribution in [0.2, 0.25) is 0 Å². The molecule has 0 atom stereocenters. The van der Waals surface area contributed by atoms with Gasteiger partial charge in [-0.25, -0.2) is 0 Å². The molecule has 0 radical (unpaired) electrons. The Morgan fingerprint density at radius 3 is 2.44 bits per heavy atom. The SMILES string of the molecule is COCCOc1cccc(NCC(=O)Nc2ccc(OCC(C)C)cc2)c1. The molecule has 0 aliphatic heterocycles. The summed E-state index contributed by atoms with van der Waals surface area (Å²) < 4.78 is 16.2. The predicted molar refractivity (Wildman–Crippen MR) is 108 cm³/mol. The number of nitrogens with one attached hydrogen (secondary N) is 2. The molecule has 0 fully saturated rings. The first kappa shape index (κ1) is 20.6. The van der Waals surface area contributed by atoms with Gasteiger partial charge in [-0.05, 0) is 42.3 Å². The maximum atomic E-state index is 12.1. The van der Waals surface area contributed by atoms with Crippen molar-refractivity contribution in [3.63, 3.8) is 0 Å². The van der Waals surface area contributed by atoms with Crippen molar-refractivity contribution in [3.8, 4) is 11.5 Å².